The van der Waals surface area contributed by atoms with Crippen LogP contribution in [-0.2, 0) is 33.3 Å². The minimum Gasteiger partial charge on any atom is -0.745 e. The topological polar surface area (TPSA) is 133 Å². The number of ether oxygens (including phenoxy) is 2. The molecule has 0 aromatic heterocycles. The van der Waals surface area contributed by atoms with Crippen molar-refractivity contribution >= 4 is 20.2 Å². The Bertz CT molecular complexity index is 1670. The van der Waals surface area contributed by atoms with Gasteiger partial charge in [0, 0.05) is 10.6 Å². The maximum atomic E-state index is 12.0. The molecular formula is C28H23Na3O8S2. The van der Waals surface area contributed by atoms with Gasteiger partial charge in [-0.15, -0.1) is 29.8 Å². The van der Waals surface area contributed by atoms with Crippen LogP contribution < -0.4 is 98.1 Å². The molecule has 0 heterocycles. The van der Waals surface area contributed by atoms with E-state index in [9.17, 15) is 25.9 Å². The van der Waals surface area contributed by atoms with Gasteiger partial charge in [-0.3, -0.25) is 0 Å². The fourth-order valence-electron chi connectivity index (χ4n) is 3.91. The van der Waals surface area contributed by atoms with Crippen LogP contribution in [0, 0.1) is 6.07 Å². The first-order valence-corrected chi connectivity index (χ1v) is 14.3. The van der Waals surface area contributed by atoms with Crippen molar-refractivity contribution in [1.29, 1.82) is 0 Å². The normalized spacial score (nSPS) is 10.9. The largest absolute Gasteiger partial charge is 1.00 e. The van der Waals surface area contributed by atoms with Gasteiger partial charge in [-0.05, 0) is 46.9 Å². The zero-order valence-corrected chi connectivity index (χ0v) is 31.1. The van der Waals surface area contributed by atoms with Crippen LogP contribution >= 0.6 is 0 Å². The first kappa shape index (κ1) is 38.3. The molecule has 0 amide bonds. The van der Waals surface area contributed by atoms with Crippen molar-refractivity contribution in [3.63, 3.8) is 0 Å². The van der Waals surface area contributed by atoms with Crippen molar-refractivity contribution in [2.24, 2.45) is 0 Å². The van der Waals surface area contributed by atoms with E-state index >= 15 is 0 Å². The summed E-state index contributed by atoms with van der Waals surface area (Å²) in [6.45, 7) is 1.92. The Kier molecular flexibility index (Phi) is 15.3. The first-order valence-electron chi connectivity index (χ1n) is 11.5. The van der Waals surface area contributed by atoms with Crippen molar-refractivity contribution in [2.45, 2.75) is 29.7 Å². The quantitative estimate of drug-likeness (QED) is 0.105. The summed E-state index contributed by atoms with van der Waals surface area (Å²) in [5.74, 6) is 0.714. The monoisotopic (exact) mass is 620 g/mol. The molecule has 13 heteroatoms. The van der Waals surface area contributed by atoms with Gasteiger partial charge in [-0.1, -0.05) is 55.0 Å². The molecule has 0 fully saturated rings. The van der Waals surface area contributed by atoms with Gasteiger partial charge in [-0.25, -0.2) is 16.8 Å². The zero-order chi connectivity index (χ0) is 27.5. The summed E-state index contributed by atoms with van der Waals surface area (Å²) < 4.78 is 82.2. The predicted octanol–water partition coefficient (Wildman–Crippen LogP) is -4.21. The molecule has 4 aromatic carbocycles. The molecule has 198 valence electrons. The Morgan fingerprint density at radius 3 is 1.80 bits per heavy atom. The molecule has 41 heavy (non-hydrogen) atoms. The number of rotatable bonds is 9. The molecule has 0 saturated carbocycles. The second-order valence-electron chi connectivity index (χ2n) is 8.38. The van der Waals surface area contributed by atoms with E-state index in [4.69, 9.17) is 9.47 Å². The standard InChI is InChI=1S/C28H25O8S2.3Na/c1-3-19-6-14-25(27(16-19)37(29,30)31)21-7-4-20(5-8-21)18-36-24-13-15-26(28(17-24)38(32,33)34)22-9-11-23(35-2)12-10-22;;;/h4-9,11-17H,3,18H2,1-2H3,(H,29,30,31)(H,32,33,34);;;/q-1;3*+1/p-2. The van der Waals surface area contributed by atoms with Crippen LogP contribution in [0.3, 0.4) is 0 Å². The number of aryl methyl sites for hydroxylation is 1. The number of methoxy groups -OCH3 is 1. The maximum Gasteiger partial charge on any atom is 1.00 e. The van der Waals surface area contributed by atoms with E-state index < -0.39 is 25.1 Å². The Morgan fingerprint density at radius 2 is 1.27 bits per heavy atom. The van der Waals surface area contributed by atoms with Gasteiger partial charge in [0.05, 0.1) is 12.0 Å². The van der Waals surface area contributed by atoms with E-state index in [-0.39, 0.29) is 111 Å². The second kappa shape index (κ2) is 16.4. The Hall–Kier alpha value is -0.700. The average Bonchev–Trinajstić information content (AvgIpc) is 2.91. The van der Waals surface area contributed by atoms with Gasteiger partial charge in [-0.2, -0.15) is 0 Å². The molecule has 0 spiro atoms. The molecule has 8 nitrogen and oxygen atoms in total. The van der Waals surface area contributed by atoms with Crippen LogP contribution in [0.1, 0.15) is 18.1 Å². The van der Waals surface area contributed by atoms with Gasteiger partial charge in [0.1, 0.15) is 32.6 Å². The molecule has 0 N–H and O–H groups in total. The zero-order valence-electron chi connectivity index (χ0n) is 23.5. The Morgan fingerprint density at radius 1 is 0.707 bits per heavy atom. The smallest absolute Gasteiger partial charge is 0.745 e. The third kappa shape index (κ3) is 9.90. The molecule has 0 saturated heterocycles. The van der Waals surface area contributed by atoms with E-state index in [2.05, 4.69) is 6.07 Å². The third-order valence-electron chi connectivity index (χ3n) is 5.93. The van der Waals surface area contributed by atoms with Crippen LogP contribution in [0.15, 0.2) is 88.7 Å². The van der Waals surface area contributed by atoms with Crippen LogP contribution in [0.5, 0.6) is 11.5 Å². The minimum absolute atomic E-state index is 0. The molecule has 0 aliphatic carbocycles. The number of hydrogen-bond donors (Lipinski definition) is 0. The predicted molar refractivity (Wildman–Crippen MR) is 139 cm³/mol. The van der Waals surface area contributed by atoms with E-state index in [0.717, 1.165) is 5.56 Å². The summed E-state index contributed by atoms with van der Waals surface area (Å²) in [6, 6.07) is 23.4. The summed E-state index contributed by atoms with van der Waals surface area (Å²) in [6.07, 6.45) is 0.591. The van der Waals surface area contributed by atoms with E-state index in [1.165, 1.54) is 31.4 Å². The minimum atomic E-state index is -4.82. The Labute approximate surface area is 307 Å². The fourth-order valence-corrected chi connectivity index (χ4v) is 5.36. The molecule has 0 radical (unpaired) electrons. The van der Waals surface area contributed by atoms with Crippen molar-refractivity contribution in [1.82, 2.24) is 0 Å². The molecule has 0 atom stereocenters. The van der Waals surface area contributed by atoms with Crippen LogP contribution in [0.25, 0.3) is 22.3 Å². The number of benzene rings is 4. The van der Waals surface area contributed by atoms with Crippen molar-refractivity contribution < 1.29 is 124 Å². The molecule has 4 aromatic rings. The van der Waals surface area contributed by atoms with E-state index in [0.29, 0.717) is 34.4 Å². The van der Waals surface area contributed by atoms with E-state index in [1.807, 2.05) is 6.92 Å². The van der Waals surface area contributed by atoms with Gasteiger partial charge in [0.25, 0.3) is 0 Å². The van der Waals surface area contributed by atoms with Crippen molar-refractivity contribution in [3.05, 3.63) is 96.1 Å². The van der Waals surface area contributed by atoms with Crippen molar-refractivity contribution in [3.8, 4) is 33.8 Å². The van der Waals surface area contributed by atoms with E-state index in [1.54, 1.807) is 54.6 Å². The van der Waals surface area contributed by atoms with Gasteiger partial charge < -0.3 is 18.6 Å². The maximum absolute atomic E-state index is 12.0. The molecule has 0 unspecified atom stereocenters. The SMILES string of the molecule is CCc1ccc(-c2ccc(COc3ccc(-c4[c-]cc(OC)cc4)c(S(=O)(=O)[O-])c3)cc2)c(S(=O)(=O)[O-])c1.[Na+].[Na+].[Na+]. The van der Waals surface area contributed by atoms with Crippen LogP contribution in [0.2, 0.25) is 0 Å². The molecule has 0 aliphatic heterocycles. The second-order valence-corrected chi connectivity index (χ2v) is 11.1. The summed E-state index contributed by atoms with van der Waals surface area (Å²) in [4.78, 5) is -0.713. The Balaban J connectivity index is 0.00000280. The summed E-state index contributed by atoms with van der Waals surface area (Å²) >= 11 is 0. The first-order chi connectivity index (χ1) is 18.0. The van der Waals surface area contributed by atoms with Gasteiger partial charge in [0.2, 0.25) is 0 Å². The van der Waals surface area contributed by atoms with Crippen molar-refractivity contribution in [2.75, 3.05) is 7.11 Å². The van der Waals surface area contributed by atoms with Crippen LogP contribution in [0.4, 0.5) is 0 Å². The third-order valence-corrected chi connectivity index (χ3v) is 7.68. The fraction of sp³-hybridized carbons (Fsp3) is 0.143. The summed E-state index contributed by atoms with van der Waals surface area (Å²) in [5, 5.41) is 0. The molecule has 0 aliphatic rings. The molecule has 4 rings (SSSR count). The molecule has 0 bridgehead atoms. The van der Waals surface area contributed by atoms with Gasteiger partial charge >= 0.3 is 88.7 Å². The number of hydrogen-bond acceptors (Lipinski definition) is 8. The molecular weight excluding hydrogens is 597 g/mol. The average molecular weight is 621 g/mol. The summed E-state index contributed by atoms with van der Waals surface area (Å²) in [7, 11) is -7.99. The van der Waals surface area contributed by atoms with Gasteiger partial charge in [0.15, 0.2) is 0 Å². The van der Waals surface area contributed by atoms with Crippen LogP contribution in [-0.4, -0.2) is 33.1 Å². The summed E-state index contributed by atoms with van der Waals surface area (Å²) in [5.41, 5.74) is 2.89.